The van der Waals surface area contributed by atoms with Gasteiger partial charge in [0, 0.05) is 32.2 Å². The van der Waals surface area contributed by atoms with Gasteiger partial charge in [0.2, 0.25) is 15.9 Å². The van der Waals surface area contributed by atoms with Gasteiger partial charge in [-0.25, -0.2) is 8.42 Å². The standard InChI is InChI=1S/C20H31N3O3S/c1-15-6-8-17(9-7-15)27(25,26)23-11-4-5-16(13-23)19(24)22-12-10-18(21)20(2,3)14-22/h6-9,16,18H,4-5,10-14,21H2,1-3H3. The molecule has 27 heavy (non-hydrogen) atoms. The van der Waals surface area contributed by atoms with Gasteiger partial charge in [0.15, 0.2) is 0 Å². The first-order valence-corrected chi connectivity index (χ1v) is 11.2. The summed E-state index contributed by atoms with van der Waals surface area (Å²) >= 11 is 0. The van der Waals surface area contributed by atoms with Crippen molar-refractivity contribution in [1.82, 2.24) is 9.21 Å². The molecule has 1 aromatic rings. The van der Waals surface area contributed by atoms with E-state index in [4.69, 9.17) is 5.73 Å². The molecule has 1 aromatic carbocycles. The highest BCUT2D eigenvalue weighted by Gasteiger charge is 2.39. The fourth-order valence-corrected chi connectivity index (χ4v) is 5.57. The van der Waals surface area contributed by atoms with Crippen LogP contribution in [0, 0.1) is 18.3 Å². The lowest BCUT2D eigenvalue weighted by atomic mass is 9.79. The minimum absolute atomic E-state index is 0.0683. The van der Waals surface area contributed by atoms with Crippen molar-refractivity contribution in [1.29, 1.82) is 0 Å². The van der Waals surface area contributed by atoms with Crippen LogP contribution in [0.5, 0.6) is 0 Å². The van der Waals surface area contributed by atoms with E-state index in [0.29, 0.717) is 31.0 Å². The Morgan fingerprint density at radius 3 is 2.44 bits per heavy atom. The first-order valence-electron chi connectivity index (χ1n) is 9.72. The number of hydrogen-bond acceptors (Lipinski definition) is 4. The second-order valence-electron chi connectivity index (χ2n) is 8.66. The van der Waals surface area contributed by atoms with E-state index in [9.17, 15) is 13.2 Å². The van der Waals surface area contributed by atoms with Gasteiger partial charge in [-0.05, 0) is 43.7 Å². The number of aryl methyl sites for hydroxylation is 1. The van der Waals surface area contributed by atoms with Gasteiger partial charge in [-0.1, -0.05) is 31.5 Å². The molecule has 0 aromatic heterocycles. The van der Waals surface area contributed by atoms with Crippen molar-refractivity contribution in [3.63, 3.8) is 0 Å². The van der Waals surface area contributed by atoms with Crippen LogP contribution in [0.25, 0.3) is 0 Å². The van der Waals surface area contributed by atoms with Gasteiger partial charge in [0.25, 0.3) is 0 Å². The summed E-state index contributed by atoms with van der Waals surface area (Å²) in [4.78, 5) is 15.2. The maximum absolute atomic E-state index is 13.1. The molecule has 2 aliphatic heterocycles. The number of piperidine rings is 2. The van der Waals surface area contributed by atoms with Gasteiger partial charge in [-0.3, -0.25) is 4.79 Å². The summed E-state index contributed by atoms with van der Waals surface area (Å²) in [5.74, 6) is -0.206. The van der Waals surface area contributed by atoms with E-state index in [1.54, 1.807) is 24.3 Å². The highest BCUT2D eigenvalue weighted by molar-refractivity contribution is 7.89. The molecular weight excluding hydrogens is 362 g/mol. The van der Waals surface area contributed by atoms with Crippen LogP contribution < -0.4 is 5.73 Å². The van der Waals surface area contributed by atoms with E-state index in [-0.39, 0.29) is 29.8 Å². The number of likely N-dealkylation sites (tertiary alicyclic amines) is 1. The van der Waals surface area contributed by atoms with E-state index < -0.39 is 10.0 Å². The Hall–Kier alpha value is -1.44. The predicted molar refractivity (Wildman–Crippen MR) is 106 cm³/mol. The Labute approximate surface area is 162 Å². The van der Waals surface area contributed by atoms with Gasteiger partial charge in [-0.15, -0.1) is 0 Å². The van der Waals surface area contributed by atoms with Crippen LogP contribution in [-0.4, -0.2) is 55.8 Å². The molecule has 2 heterocycles. The number of carbonyl (C=O) groups excluding carboxylic acids is 1. The number of hydrogen-bond donors (Lipinski definition) is 1. The highest BCUT2D eigenvalue weighted by Crippen LogP contribution is 2.31. The van der Waals surface area contributed by atoms with E-state index >= 15 is 0 Å². The van der Waals surface area contributed by atoms with E-state index in [1.165, 1.54) is 4.31 Å². The fraction of sp³-hybridized carbons (Fsp3) is 0.650. The van der Waals surface area contributed by atoms with Crippen LogP contribution in [0.1, 0.15) is 38.7 Å². The van der Waals surface area contributed by atoms with E-state index in [0.717, 1.165) is 18.4 Å². The highest BCUT2D eigenvalue weighted by atomic mass is 32.2. The average molecular weight is 394 g/mol. The number of carbonyl (C=O) groups is 1. The van der Waals surface area contributed by atoms with Crippen LogP contribution in [0.3, 0.4) is 0 Å². The third-order valence-electron chi connectivity index (χ3n) is 6.02. The van der Waals surface area contributed by atoms with E-state index in [1.807, 2.05) is 11.8 Å². The number of sulfonamides is 1. The quantitative estimate of drug-likeness (QED) is 0.851. The third kappa shape index (κ3) is 4.20. The molecule has 1 amide bonds. The lowest BCUT2D eigenvalue weighted by Gasteiger charge is -2.44. The van der Waals surface area contributed by atoms with Crippen LogP contribution >= 0.6 is 0 Å². The van der Waals surface area contributed by atoms with Crippen molar-refractivity contribution in [2.75, 3.05) is 26.2 Å². The number of benzene rings is 1. The van der Waals surface area contributed by atoms with Crippen molar-refractivity contribution in [2.24, 2.45) is 17.1 Å². The molecule has 0 spiro atoms. The van der Waals surface area contributed by atoms with Crippen molar-refractivity contribution in [2.45, 2.75) is 51.0 Å². The molecule has 2 fully saturated rings. The van der Waals surface area contributed by atoms with E-state index in [2.05, 4.69) is 13.8 Å². The van der Waals surface area contributed by atoms with Gasteiger partial charge in [0.05, 0.1) is 10.8 Å². The smallest absolute Gasteiger partial charge is 0.243 e. The summed E-state index contributed by atoms with van der Waals surface area (Å²) in [6.45, 7) is 8.13. The minimum atomic E-state index is -3.56. The molecule has 0 aliphatic carbocycles. The summed E-state index contributed by atoms with van der Waals surface area (Å²) in [5, 5.41) is 0. The van der Waals surface area contributed by atoms with Gasteiger partial charge in [0.1, 0.15) is 0 Å². The summed E-state index contributed by atoms with van der Waals surface area (Å²) in [6, 6.07) is 6.98. The van der Waals surface area contributed by atoms with Crippen LogP contribution in [0.2, 0.25) is 0 Å². The van der Waals surface area contributed by atoms with Gasteiger partial charge >= 0.3 is 0 Å². The molecule has 2 atom stereocenters. The maximum atomic E-state index is 13.1. The number of nitrogens with two attached hydrogens (primary N) is 1. The lowest BCUT2D eigenvalue weighted by molar-refractivity contribution is -0.140. The molecule has 6 nitrogen and oxygen atoms in total. The topological polar surface area (TPSA) is 83.7 Å². The largest absolute Gasteiger partial charge is 0.342 e. The molecule has 7 heteroatoms. The predicted octanol–water partition coefficient (Wildman–Crippen LogP) is 1.98. The summed E-state index contributed by atoms with van der Waals surface area (Å²) in [5.41, 5.74) is 7.09. The molecule has 0 radical (unpaired) electrons. The summed E-state index contributed by atoms with van der Waals surface area (Å²) in [7, 11) is -3.56. The number of nitrogens with zero attached hydrogens (tertiary/aromatic N) is 2. The zero-order valence-corrected chi connectivity index (χ0v) is 17.3. The van der Waals surface area contributed by atoms with Crippen molar-refractivity contribution < 1.29 is 13.2 Å². The van der Waals surface area contributed by atoms with Gasteiger partial charge < -0.3 is 10.6 Å². The first kappa shape index (κ1) is 20.3. The monoisotopic (exact) mass is 393 g/mol. The average Bonchev–Trinajstić information content (AvgIpc) is 2.64. The fourth-order valence-electron chi connectivity index (χ4n) is 4.04. The number of amides is 1. The zero-order valence-electron chi connectivity index (χ0n) is 16.5. The van der Waals surface area contributed by atoms with Gasteiger partial charge in [-0.2, -0.15) is 4.31 Å². The molecule has 150 valence electrons. The Balaban J connectivity index is 1.72. The molecule has 2 saturated heterocycles. The Morgan fingerprint density at radius 1 is 1.15 bits per heavy atom. The van der Waals surface area contributed by atoms with Crippen LogP contribution in [0.15, 0.2) is 29.2 Å². The number of rotatable bonds is 3. The Morgan fingerprint density at radius 2 is 1.81 bits per heavy atom. The first-order chi connectivity index (χ1) is 12.6. The van der Waals surface area contributed by atoms with Crippen molar-refractivity contribution >= 4 is 15.9 Å². The molecule has 0 bridgehead atoms. The minimum Gasteiger partial charge on any atom is -0.342 e. The van der Waals surface area contributed by atoms with Crippen molar-refractivity contribution in [3.05, 3.63) is 29.8 Å². The molecule has 2 aliphatic rings. The summed E-state index contributed by atoms with van der Waals surface area (Å²) in [6.07, 6.45) is 2.23. The molecule has 0 saturated carbocycles. The second-order valence-corrected chi connectivity index (χ2v) is 10.6. The molecule has 3 rings (SSSR count). The lowest BCUT2D eigenvalue weighted by Crippen LogP contribution is -2.56. The Kier molecular flexibility index (Phi) is 5.66. The SMILES string of the molecule is Cc1ccc(S(=O)(=O)N2CCCC(C(=O)N3CCC(N)C(C)(C)C3)C2)cc1. The third-order valence-corrected chi connectivity index (χ3v) is 7.90. The second kappa shape index (κ2) is 7.53. The zero-order chi connectivity index (χ0) is 19.8. The van der Waals surface area contributed by atoms with Crippen LogP contribution in [0.4, 0.5) is 0 Å². The van der Waals surface area contributed by atoms with Crippen molar-refractivity contribution in [3.8, 4) is 0 Å². The summed E-state index contributed by atoms with van der Waals surface area (Å²) < 4.78 is 27.4. The molecular formula is C20H31N3O3S. The molecule has 2 unspecified atom stereocenters. The maximum Gasteiger partial charge on any atom is 0.243 e. The van der Waals surface area contributed by atoms with Crippen LogP contribution in [-0.2, 0) is 14.8 Å². The normalized spacial score (nSPS) is 26.7. The Bertz CT molecular complexity index is 789. The molecule has 2 N–H and O–H groups in total.